The van der Waals surface area contributed by atoms with Crippen LogP contribution in [-0.4, -0.2) is 15.0 Å². The maximum atomic E-state index is 6.07. The summed E-state index contributed by atoms with van der Waals surface area (Å²) in [6.45, 7) is 9.37. The first kappa shape index (κ1) is 39.2. The number of nitrogens with zero attached hydrogens (tertiary/aromatic N) is 3. The molecule has 0 saturated heterocycles. The van der Waals surface area contributed by atoms with Gasteiger partial charge in [0.05, 0.1) is 22.4 Å². The molecule has 67 heavy (non-hydrogen) atoms. The monoisotopic (exact) mass is 859 g/mol. The Labute approximate surface area is 390 Å². The number of oxazole rings is 1. The van der Waals surface area contributed by atoms with E-state index in [9.17, 15) is 0 Å². The van der Waals surface area contributed by atoms with Gasteiger partial charge in [0, 0.05) is 38.6 Å². The fraction of sp³-hybridized carbons (Fsp3) is 0.0952. The highest BCUT2D eigenvalue weighted by Crippen LogP contribution is 2.52. The first-order chi connectivity index (χ1) is 32.7. The van der Waals surface area contributed by atoms with E-state index in [1.807, 2.05) is 24.3 Å². The SMILES string of the molecule is CC1(C)c2ccccc2-c2ccc(-c3ccc(-c4ccc5c(c4)C(C)(C)c4ccccc4-5)c4nc(-c5ccc(-c6ccc(-c7nc8ccccc8o7)cc6)cc5)c(-c5ccccc5)nc34)cc21. The molecular weight excluding hydrogens is 815 g/mol. The molecule has 0 radical (unpaired) electrons. The van der Waals surface area contributed by atoms with Gasteiger partial charge in [-0.2, -0.15) is 0 Å². The van der Waals surface area contributed by atoms with Crippen LogP contribution in [0.25, 0.3) is 112 Å². The van der Waals surface area contributed by atoms with E-state index >= 15 is 0 Å². The van der Waals surface area contributed by atoms with Crippen molar-refractivity contribution in [1.29, 1.82) is 0 Å². The van der Waals surface area contributed by atoms with Crippen molar-refractivity contribution in [3.05, 3.63) is 222 Å². The molecule has 13 rings (SSSR count). The zero-order valence-corrected chi connectivity index (χ0v) is 37.8. The van der Waals surface area contributed by atoms with Gasteiger partial charge in [0.25, 0.3) is 0 Å². The summed E-state index contributed by atoms with van der Waals surface area (Å²) in [4.78, 5) is 16.2. The third-order valence-corrected chi connectivity index (χ3v) is 14.6. The summed E-state index contributed by atoms with van der Waals surface area (Å²) >= 11 is 0. The lowest BCUT2D eigenvalue weighted by molar-refractivity contribution is 0.620. The second-order valence-corrected chi connectivity index (χ2v) is 19.1. The zero-order valence-electron chi connectivity index (χ0n) is 37.8. The van der Waals surface area contributed by atoms with Gasteiger partial charge in [0.1, 0.15) is 5.52 Å². The number of hydrogen-bond donors (Lipinski definition) is 0. The average Bonchev–Trinajstić information content (AvgIpc) is 3.99. The summed E-state index contributed by atoms with van der Waals surface area (Å²) in [5, 5.41) is 0. The van der Waals surface area contributed by atoms with E-state index in [1.165, 1.54) is 44.5 Å². The number of aromatic nitrogens is 3. The number of hydrogen-bond acceptors (Lipinski definition) is 4. The third kappa shape index (κ3) is 6.09. The van der Waals surface area contributed by atoms with Crippen molar-refractivity contribution in [2.45, 2.75) is 38.5 Å². The van der Waals surface area contributed by atoms with E-state index in [1.54, 1.807) is 0 Å². The third-order valence-electron chi connectivity index (χ3n) is 14.6. The summed E-state index contributed by atoms with van der Waals surface area (Å²) < 4.78 is 6.07. The molecule has 0 saturated carbocycles. The smallest absolute Gasteiger partial charge is 0.227 e. The largest absolute Gasteiger partial charge is 0.436 e. The summed E-state index contributed by atoms with van der Waals surface area (Å²) in [6.07, 6.45) is 0. The summed E-state index contributed by atoms with van der Waals surface area (Å²) in [5.41, 5.74) is 25.0. The Hall–Kier alpha value is -8.21. The highest BCUT2D eigenvalue weighted by molar-refractivity contribution is 6.04. The summed E-state index contributed by atoms with van der Waals surface area (Å²) in [5.74, 6) is 0.619. The van der Waals surface area contributed by atoms with Crippen molar-refractivity contribution in [2.24, 2.45) is 0 Å². The van der Waals surface area contributed by atoms with Crippen LogP contribution in [0.15, 0.2) is 205 Å². The van der Waals surface area contributed by atoms with Crippen molar-refractivity contribution in [3.8, 4) is 89.6 Å². The molecule has 318 valence electrons. The van der Waals surface area contributed by atoms with Crippen LogP contribution in [0.1, 0.15) is 49.9 Å². The molecule has 0 bridgehead atoms. The Morgan fingerprint density at radius 2 is 0.716 bits per heavy atom. The van der Waals surface area contributed by atoms with Crippen LogP contribution in [0.2, 0.25) is 0 Å². The van der Waals surface area contributed by atoms with E-state index in [2.05, 4.69) is 204 Å². The minimum absolute atomic E-state index is 0.138. The zero-order chi connectivity index (χ0) is 45.0. The number of fused-ring (bicyclic) bond motifs is 8. The fourth-order valence-corrected chi connectivity index (χ4v) is 11.0. The van der Waals surface area contributed by atoms with Gasteiger partial charge >= 0.3 is 0 Å². The standard InChI is InChI=1S/C63H45N3O/c1-62(2)51-18-10-8-16-47(51)49-32-30-43(36-53(49)62)45-34-35-46(44-31-33-50-48-17-9-11-19-52(48)63(3,4)54(50)37-44)60-59(45)65-57(40-14-6-5-7-15-40)58(66-60)41-26-22-38(23-27-41)39-24-28-42(29-25-39)61-64-55-20-12-13-21-56(55)67-61/h5-37H,1-4H3. The van der Waals surface area contributed by atoms with Gasteiger partial charge in [-0.05, 0) is 103 Å². The molecule has 4 nitrogen and oxygen atoms in total. The molecule has 0 aliphatic heterocycles. The van der Waals surface area contributed by atoms with Crippen LogP contribution in [0.4, 0.5) is 0 Å². The van der Waals surface area contributed by atoms with Crippen molar-refractivity contribution >= 4 is 22.1 Å². The molecule has 11 aromatic rings. The molecule has 9 aromatic carbocycles. The molecule has 2 heterocycles. The van der Waals surface area contributed by atoms with Crippen molar-refractivity contribution < 1.29 is 4.42 Å². The van der Waals surface area contributed by atoms with Gasteiger partial charge in [-0.1, -0.05) is 191 Å². The molecule has 2 aliphatic carbocycles. The Morgan fingerprint density at radius 1 is 0.313 bits per heavy atom. The Kier molecular flexibility index (Phi) is 8.57. The van der Waals surface area contributed by atoms with E-state index in [-0.39, 0.29) is 10.8 Å². The number of benzene rings is 9. The molecule has 0 atom stereocenters. The fourth-order valence-electron chi connectivity index (χ4n) is 11.0. The van der Waals surface area contributed by atoms with Crippen molar-refractivity contribution in [1.82, 2.24) is 15.0 Å². The molecule has 0 amide bonds. The minimum atomic E-state index is -0.143. The number of para-hydroxylation sites is 2. The highest BCUT2D eigenvalue weighted by Gasteiger charge is 2.37. The Bertz CT molecular complexity index is 3750. The normalized spacial score (nSPS) is 13.9. The molecule has 0 spiro atoms. The van der Waals surface area contributed by atoms with Crippen LogP contribution in [-0.2, 0) is 10.8 Å². The van der Waals surface area contributed by atoms with Gasteiger partial charge in [0.15, 0.2) is 5.58 Å². The molecule has 0 N–H and O–H groups in total. The minimum Gasteiger partial charge on any atom is -0.436 e. The lowest BCUT2D eigenvalue weighted by atomic mass is 9.81. The maximum Gasteiger partial charge on any atom is 0.227 e. The predicted molar refractivity (Wildman–Crippen MR) is 275 cm³/mol. The van der Waals surface area contributed by atoms with Crippen LogP contribution < -0.4 is 0 Å². The quantitative estimate of drug-likeness (QED) is 0.167. The Balaban J connectivity index is 0.979. The van der Waals surface area contributed by atoms with Crippen LogP contribution in [0, 0.1) is 0 Å². The predicted octanol–water partition coefficient (Wildman–Crippen LogP) is 16.4. The van der Waals surface area contributed by atoms with E-state index in [4.69, 9.17) is 19.4 Å². The van der Waals surface area contributed by atoms with Crippen LogP contribution in [0.5, 0.6) is 0 Å². The molecule has 2 aliphatic rings. The molecule has 0 unspecified atom stereocenters. The molecule has 2 aromatic heterocycles. The summed E-state index contributed by atoms with van der Waals surface area (Å²) in [6, 6.07) is 71.7. The maximum absolute atomic E-state index is 6.07. The Morgan fingerprint density at radius 3 is 1.25 bits per heavy atom. The first-order valence-electron chi connectivity index (χ1n) is 23.2. The lowest BCUT2D eigenvalue weighted by Gasteiger charge is -2.23. The molecule has 4 heteroatoms. The highest BCUT2D eigenvalue weighted by atomic mass is 16.3. The van der Waals surface area contributed by atoms with Crippen molar-refractivity contribution in [2.75, 3.05) is 0 Å². The summed E-state index contributed by atoms with van der Waals surface area (Å²) in [7, 11) is 0. The lowest BCUT2D eigenvalue weighted by Crippen LogP contribution is -2.15. The van der Waals surface area contributed by atoms with E-state index in [0.717, 1.165) is 83.6 Å². The van der Waals surface area contributed by atoms with Gasteiger partial charge in [-0.25, -0.2) is 15.0 Å². The van der Waals surface area contributed by atoms with Gasteiger partial charge in [0.2, 0.25) is 5.89 Å². The van der Waals surface area contributed by atoms with Gasteiger partial charge in [-0.15, -0.1) is 0 Å². The molecular formula is C63H45N3O. The average molecular weight is 860 g/mol. The second kappa shape index (κ2) is 14.7. The van der Waals surface area contributed by atoms with E-state index in [0.29, 0.717) is 5.89 Å². The number of rotatable bonds is 6. The topological polar surface area (TPSA) is 51.8 Å². The molecule has 0 fully saturated rings. The first-order valence-corrected chi connectivity index (χ1v) is 23.2. The van der Waals surface area contributed by atoms with Gasteiger partial charge < -0.3 is 4.42 Å². The van der Waals surface area contributed by atoms with Crippen LogP contribution >= 0.6 is 0 Å². The van der Waals surface area contributed by atoms with Crippen molar-refractivity contribution in [3.63, 3.8) is 0 Å². The van der Waals surface area contributed by atoms with E-state index < -0.39 is 0 Å². The second-order valence-electron chi connectivity index (χ2n) is 19.1. The van der Waals surface area contributed by atoms with Gasteiger partial charge in [-0.3, -0.25) is 0 Å². The van der Waals surface area contributed by atoms with Crippen LogP contribution in [0.3, 0.4) is 0 Å².